The molecule has 2 rings (SSSR count). The van der Waals surface area contributed by atoms with Crippen molar-refractivity contribution in [2.24, 2.45) is 0 Å². The van der Waals surface area contributed by atoms with E-state index in [-0.39, 0.29) is 6.54 Å². The van der Waals surface area contributed by atoms with Gasteiger partial charge in [0.15, 0.2) is 0 Å². The summed E-state index contributed by atoms with van der Waals surface area (Å²) in [4.78, 5) is 11.3. The molecule has 0 spiro atoms. The number of rotatable bonds is 6. The standard InChI is InChI=1S/C13H18N2O4S2/c16-13(17)5-4-11-6-9-20-12(11)10-14-21(18,19)15-7-2-1-3-8-15/h4-6,9,14H,1-3,7-8,10H2,(H,16,17)/b5-4+. The minimum atomic E-state index is -3.46. The molecule has 116 valence electrons. The number of hydrogen-bond acceptors (Lipinski definition) is 4. The molecule has 0 saturated carbocycles. The highest BCUT2D eigenvalue weighted by atomic mass is 32.2. The Morgan fingerprint density at radius 3 is 2.76 bits per heavy atom. The highest BCUT2D eigenvalue weighted by molar-refractivity contribution is 7.87. The van der Waals surface area contributed by atoms with E-state index in [0.29, 0.717) is 13.1 Å². The van der Waals surface area contributed by atoms with Crippen LogP contribution in [-0.4, -0.2) is 36.9 Å². The molecular formula is C13H18N2O4S2. The van der Waals surface area contributed by atoms with Crippen molar-refractivity contribution in [2.75, 3.05) is 13.1 Å². The van der Waals surface area contributed by atoms with Gasteiger partial charge in [-0.1, -0.05) is 6.42 Å². The Morgan fingerprint density at radius 1 is 1.38 bits per heavy atom. The summed E-state index contributed by atoms with van der Waals surface area (Å²) >= 11 is 1.40. The monoisotopic (exact) mass is 330 g/mol. The van der Waals surface area contributed by atoms with Crippen molar-refractivity contribution in [1.82, 2.24) is 9.03 Å². The lowest BCUT2D eigenvalue weighted by atomic mass is 10.2. The zero-order valence-electron chi connectivity index (χ0n) is 11.5. The summed E-state index contributed by atoms with van der Waals surface area (Å²) < 4.78 is 28.4. The van der Waals surface area contributed by atoms with Crippen molar-refractivity contribution < 1.29 is 18.3 Å². The first-order chi connectivity index (χ1) is 9.99. The predicted molar refractivity (Wildman–Crippen MR) is 82.2 cm³/mol. The molecule has 0 unspecified atom stereocenters. The fourth-order valence-corrected chi connectivity index (χ4v) is 4.30. The number of piperidine rings is 1. The highest BCUT2D eigenvalue weighted by Crippen LogP contribution is 2.19. The number of nitrogens with one attached hydrogen (secondary N) is 1. The van der Waals surface area contributed by atoms with Gasteiger partial charge in [0.1, 0.15) is 0 Å². The fourth-order valence-electron chi connectivity index (χ4n) is 2.16. The average Bonchev–Trinajstić information content (AvgIpc) is 2.91. The van der Waals surface area contributed by atoms with Gasteiger partial charge in [0.25, 0.3) is 10.2 Å². The van der Waals surface area contributed by atoms with E-state index < -0.39 is 16.2 Å². The normalized spacial score (nSPS) is 17.3. The molecule has 0 atom stereocenters. The first-order valence-corrected chi connectivity index (χ1v) is 9.03. The molecule has 1 aliphatic rings. The Labute approximate surface area is 128 Å². The summed E-state index contributed by atoms with van der Waals surface area (Å²) in [5.74, 6) is -1.03. The van der Waals surface area contributed by atoms with Crippen molar-refractivity contribution in [3.05, 3.63) is 28.0 Å². The average molecular weight is 330 g/mol. The first kappa shape index (κ1) is 16.2. The lowest BCUT2D eigenvalue weighted by molar-refractivity contribution is -0.131. The van der Waals surface area contributed by atoms with Crippen LogP contribution in [0.15, 0.2) is 17.5 Å². The Hall–Kier alpha value is -1.22. The molecule has 1 aromatic heterocycles. The maximum atomic E-state index is 12.2. The zero-order valence-corrected chi connectivity index (χ0v) is 13.1. The molecule has 0 aromatic carbocycles. The molecule has 0 bridgehead atoms. The van der Waals surface area contributed by atoms with Crippen molar-refractivity contribution in [2.45, 2.75) is 25.8 Å². The van der Waals surface area contributed by atoms with Crippen LogP contribution < -0.4 is 4.72 Å². The van der Waals surface area contributed by atoms with Crippen LogP contribution in [0.4, 0.5) is 0 Å². The molecule has 2 heterocycles. The van der Waals surface area contributed by atoms with Crippen LogP contribution in [-0.2, 0) is 21.5 Å². The maximum absolute atomic E-state index is 12.2. The summed E-state index contributed by atoms with van der Waals surface area (Å²) in [5, 5.41) is 10.4. The Bertz CT molecular complexity index is 616. The van der Waals surface area contributed by atoms with Gasteiger partial charge in [-0.15, -0.1) is 11.3 Å². The van der Waals surface area contributed by atoms with Crippen molar-refractivity contribution in [1.29, 1.82) is 0 Å². The van der Waals surface area contributed by atoms with Crippen LogP contribution in [0.3, 0.4) is 0 Å². The maximum Gasteiger partial charge on any atom is 0.328 e. The van der Waals surface area contributed by atoms with Crippen LogP contribution >= 0.6 is 11.3 Å². The molecule has 1 saturated heterocycles. The van der Waals surface area contributed by atoms with Crippen LogP contribution in [0.25, 0.3) is 6.08 Å². The van der Waals surface area contributed by atoms with Gasteiger partial charge in [-0.3, -0.25) is 0 Å². The lowest BCUT2D eigenvalue weighted by Gasteiger charge is -2.25. The Kier molecular flexibility index (Phi) is 5.51. The number of carbonyl (C=O) groups is 1. The Morgan fingerprint density at radius 2 is 2.10 bits per heavy atom. The van der Waals surface area contributed by atoms with Crippen molar-refractivity contribution in [3.63, 3.8) is 0 Å². The minimum Gasteiger partial charge on any atom is -0.478 e. The van der Waals surface area contributed by atoms with E-state index in [2.05, 4.69) is 4.72 Å². The van der Waals surface area contributed by atoms with E-state index in [0.717, 1.165) is 35.8 Å². The molecule has 1 aromatic rings. The molecule has 8 heteroatoms. The van der Waals surface area contributed by atoms with Gasteiger partial charge in [0, 0.05) is 30.6 Å². The van der Waals surface area contributed by atoms with Gasteiger partial charge in [-0.05, 0) is 35.9 Å². The third kappa shape index (κ3) is 4.63. The Balaban J connectivity index is 1.99. The quantitative estimate of drug-likeness (QED) is 0.777. The SMILES string of the molecule is O=C(O)/C=C/c1ccsc1CNS(=O)(=O)N1CCCCC1. The molecule has 0 aliphatic carbocycles. The van der Waals surface area contributed by atoms with Crippen LogP contribution in [0.1, 0.15) is 29.7 Å². The third-order valence-electron chi connectivity index (χ3n) is 3.26. The van der Waals surface area contributed by atoms with Crippen LogP contribution in [0.2, 0.25) is 0 Å². The highest BCUT2D eigenvalue weighted by Gasteiger charge is 2.23. The summed E-state index contributed by atoms with van der Waals surface area (Å²) in [6.45, 7) is 1.30. The van der Waals surface area contributed by atoms with Crippen LogP contribution in [0, 0.1) is 0 Å². The van der Waals surface area contributed by atoms with E-state index in [1.54, 1.807) is 6.07 Å². The summed E-state index contributed by atoms with van der Waals surface area (Å²) in [7, 11) is -3.46. The van der Waals surface area contributed by atoms with E-state index in [4.69, 9.17) is 5.11 Å². The number of carboxylic acids is 1. The molecule has 2 N–H and O–H groups in total. The van der Waals surface area contributed by atoms with Gasteiger partial charge < -0.3 is 5.11 Å². The predicted octanol–water partition coefficient (Wildman–Crippen LogP) is 1.67. The topological polar surface area (TPSA) is 86.7 Å². The van der Waals surface area contributed by atoms with Gasteiger partial charge >= 0.3 is 5.97 Å². The fraction of sp³-hybridized carbons (Fsp3) is 0.462. The van der Waals surface area contributed by atoms with Gasteiger partial charge in [-0.2, -0.15) is 17.4 Å². The first-order valence-electron chi connectivity index (χ1n) is 6.71. The van der Waals surface area contributed by atoms with Crippen LogP contribution in [0.5, 0.6) is 0 Å². The molecule has 21 heavy (non-hydrogen) atoms. The van der Waals surface area contributed by atoms with Gasteiger partial charge in [0.2, 0.25) is 0 Å². The number of aliphatic carboxylic acids is 1. The molecule has 1 fully saturated rings. The second-order valence-corrected chi connectivity index (χ2v) is 7.51. The molecule has 6 nitrogen and oxygen atoms in total. The van der Waals surface area contributed by atoms with Crippen molar-refractivity contribution >= 4 is 33.6 Å². The second-order valence-electron chi connectivity index (χ2n) is 4.76. The third-order valence-corrected chi connectivity index (χ3v) is 5.75. The smallest absolute Gasteiger partial charge is 0.328 e. The van der Waals surface area contributed by atoms with E-state index >= 15 is 0 Å². The lowest BCUT2D eigenvalue weighted by Crippen LogP contribution is -2.43. The summed E-state index contributed by atoms with van der Waals surface area (Å²) in [6.07, 6.45) is 5.38. The van der Waals surface area contributed by atoms with E-state index in [1.807, 2.05) is 5.38 Å². The molecule has 1 aliphatic heterocycles. The van der Waals surface area contributed by atoms with Crippen molar-refractivity contribution in [3.8, 4) is 0 Å². The molecule has 0 radical (unpaired) electrons. The van der Waals surface area contributed by atoms with Gasteiger partial charge in [0.05, 0.1) is 0 Å². The zero-order chi connectivity index (χ0) is 15.3. The van der Waals surface area contributed by atoms with E-state index in [9.17, 15) is 13.2 Å². The second kappa shape index (κ2) is 7.17. The molecular weight excluding hydrogens is 312 g/mol. The number of carboxylic acid groups (broad SMARTS) is 1. The molecule has 0 amide bonds. The summed E-state index contributed by atoms with van der Waals surface area (Å²) in [5.41, 5.74) is 0.726. The largest absolute Gasteiger partial charge is 0.478 e. The summed E-state index contributed by atoms with van der Waals surface area (Å²) in [6, 6.07) is 1.77. The van der Waals surface area contributed by atoms with E-state index in [1.165, 1.54) is 21.7 Å². The van der Waals surface area contributed by atoms with Gasteiger partial charge in [-0.25, -0.2) is 4.79 Å². The number of hydrogen-bond donors (Lipinski definition) is 2. The number of thiophene rings is 1. The number of nitrogens with zero attached hydrogens (tertiary/aromatic N) is 1. The minimum absolute atomic E-state index is 0.176.